The van der Waals surface area contributed by atoms with Crippen LogP contribution in [-0.2, 0) is 12.6 Å². The molecule has 0 saturated heterocycles. The minimum Gasteiger partial charge on any atom is -0.399 e. The Morgan fingerprint density at radius 2 is 1.91 bits per heavy atom. The highest BCUT2D eigenvalue weighted by atomic mass is 32.1. The molecule has 0 saturated carbocycles. The molecule has 3 nitrogen and oxygen atoms in total. The predicted molar refractivity (Wildman–Crippen MR) is 101 cm³/mol. The summed E-state index contributed by atoms with van der Waals surface area (Å²) < 4.78 is 0. The average Bonchev–Trinajstić information content (AvgIpc) is 2.41. The molecule has 2 N–H and O–H groups in total. The normalized spacial score (nSPS) is 17.3. The van der Waals surface area contributed by atoms with Gasteiger partial charge in [0.05, 0.1) is 0 Å². The Bertz CT molecular complexity index is 661. The summed E-state index contributed by atoms with van der Waals surface area (Å²) in [5.74, 6) is 0. The summed E-state index contributed by atoms with van der Waals surface area (Å²) in [6.07, 6.45) is 4.95. The third-order valence-electron chi connectivity index (χ3n) is 3.72. The van der Waals surface area contributed by atoms with Crippen molar-refractivity contribution in [1.29, 1.82) is 0 Å². The highest BCUT2D eigenvalue weighted by molar-refractivity contribution is 7.59. The van der Waals surface area contributed by atoms with Crippen LogP contribution < -0.4 is 10.6 Å². The molecule has 0 bridgehead atoms. The molecular formula is C18H26N3S+. The maximum Gasteiger partial charge on any atom is 0.178 e. The molecule has 0 heterocycles. The third kappa shape index (κ3) is 3.74. The van der Waals surface area contributed by atoms with Crippen molar-refractivity contribution < 1.29 is 0 Å². The van der Waals surface area contributed by atoms with Crippen molar-refractivity contribution in [2.45, 2.75) is 32.1 Å². The molecule has 1 aliphatic carbocycles. The second-order valence-corrected chi connectivity index (χ2v) is 7.41. The number of allylic oxidation sites excluding steroid dienone is 3. The summed E-state index contributed by atoms with van der Waals surface area (Å²) in [7, 11) is 4.05. The fourth-order valence-electron chi connectivity index (χ4n) is 2.42. The van der Waals surface area contributed by atoms with Crippen LogP contribution in [-0.4, -0.2) is 19.8 Å². The zero-order chi connectivity index (χ0) is 16.5. The van der Waals surface area contributed by atoms with Gasteiger partial charge in [-0.2, -0.15) is 0 Å². The van der Waals surface area contributed by atoms with Gasteiger partial charge in [-0.25, -0.2) is 4.99 Å². The van der Waals surface area contributed by atoms with Crippen LogP contribution in [0.3, 0.4) is 0 Å². The number of hydrogen-bond donors (Lipinski definition) is 1. The molecule has 118 valence electrons. The third-order valence-corrected chi connectivity index (χ3v) is 4.12. The van der Waals surface area contributed by atoms with E-state index in [2.05, 4.69) is 62.6 Å². The molecule has 0 aromatic heterocycles. The van der Waals surface area contributed by atoms with Gasteiger partial charge in [-0.05, 0) is 41.8 Å². The van der Waals surface area contributed by atoms with Crippen LogP contribution in [0.15, 0.2) is 51.5 Å². The molecule has 4 heteroatoms. The van der Waals surface area contributed by atoms with Crippen molar-refractivity contribution in [2.75, 3.05) is 19.0 Å². The number of nitrogens with zero attached hydrogens (tertiary/aromatic N) is 2. The van der Waals surface area contributed by atoms with Crippen LogP contribution in [0.25, 0.3) is 0 Å². The molecule has 0 unspecified atom stereocenters. The minimum atomic E-state index is 0.0212. The van der Waals surface area contributed by atoms with Crippen LogP contribution in [0.5, 0.6) is 0 Å². The van der Waals surface area contributed by atoms with E-state index >= 15 is 0 Å². The van der Waals surface area contributed by atoms with Crippen LogP contribution in [0.4, 0.5) is 11.4 Å². The Balaban J connectivity index is 2.37. The first-order chi connectivity index (χ1) is 10.2. The lowest BCUT2D eigenvalue weighted by molar-refractivity contribution is 0.508. The lowest BCUT2D eigenvalue weighted by Crippen LogP contribution is -2.20. The highest BCUT2D eigenvalue weighted by Crippen LogP contribution is 2.32. The van der Waals surface area contributed by atoms with E-state index in [9.17, 15) is 0 Å². The Labute approximate surface area is 139 Å². The van der Waals surface area contributed by atoms with Crippen LogP contribution in [0.1, 0.15) is 27.2 Å². The average molecular weight is 316 g/mol. The lowest BCUT2D eigenvalue weighted by atomic mass is 9.81. The van der Waals surface area contributed by atoms with Gasteiger partial charge in [0.2, 0.25) is 0 Å². The fourth-order valence-corrected chi connectivity index (χ4v) is 2.70. The molecule has 22 heavy (non-hydrogen) atoms. The first kappa shape index (κ1) is 16.7. The zero-order valence-corrected chi connectivity index (χ0v) is 15.1. The minimum absolute atomic E-state index is 0.0212. The topological polar surface area (TPSA) is 41.6 Å². The van der Waals surface area contributed by atoms with Gasteiger partial charge in [0.1, 0.15) is 5.69 Å². The molecule has 1 aliphatic rings. The Kier molecular flexibility index (Phi) is 4.71. The van der Waals surface area contributed by atoms with Gasteiger partial charge in [-0.15, -0.1) is 0 Å². The van der Waals surface area contributed by atoms with Crippen molar-refractivity contribution in [1.82, 2.24) is 0 Å². The van der Waals surface area contributed by atoms with E-state index in [1.165, 1.54) is 0 Å². The molecule has 0 atom stereocenters. The summed E-state index contributed by atoms with van der Waals surface area (Å²) in [5, 5.41) is 0. The number of benzene rings is 1. The van der Waals surface area contributed by atoms with Crippen LogP contribution in [0.2, 0.25) is 0 Å². The molecule has 0 spiro atoms. The summed E-state index contributed by atoms with van der Waals surface area (Å²) in [5.41, 5.74) is 11.3. The first-order valence-electron chi connectivity index (χ1n) is 7.47. The van der Waals surface area contributed by atoms with Gasteiger partial charge in [0.15, 0.2) is 4.90 Å². The van der Waals surface area contributed by atoms with E-state index in [-0.39, 0.29) is 5.41 Å². The maximum atomic E-state index is 6.13. The van der Waals surface area contributed by atoms with Crippen LogP contribution in [0, 0.1) is 5.41 Å². The largest absolute Gasteiger partial charge is 0.399 e. The second-order valence-electron chi connectivity index (χ2n) is 6.87. The van der Waals surface area contributed by atoms with Gasteiger partial charge in [0, 0.05) is 43.7 Å². The van der Waals surface area contributed by atoms with Gasteiger partial charge >= 0.3 is 0 Å². The van der Waals surface area contributed by atoms with E-state index in [1.54, 1.807) is 0 Å². The van der Waals surface area contributed by atoms with E-state index in [0.717, 1.165) is 39.7 Å². The zero-order valence-electron chi connectivity index (χ0n) is 14.1. The number of aliphatic imine (C=N–C) groups is 1. The Morgan fingerprint density at radius 3 is 2.45 bits per heavy atom. The molecule has 1 aromatic carbocycles. The number of rotatable bonds is 2. The van der Waals surface area contributed by atoms with Gasteiger partial charge in [-0.1, -0.05) is 26.8 Å². The SMILES string of the molecule is CN(C)c1ccc(N=C2C=C(C(C)(C)C)C(N)=CC2)c([SH2+])c1. The highest BCUT2D eigenvalue weighted by Gasteiger charge is 2.22. The molecule has 0 fully saturated rings. The standard InChI is InChI=1S/C18H25N3S/c1-18(2,3)14-10-12(6-8-15(14)19)20-16-9-7-13(21(4)5)11-17(16)22/h7-11,22H,6,19H2,1-5H3/p+1. The molecular weight excluding hydrogens is 290 g/mol. The maximum absolute atomic E-state index is 6.13. The van der Waals surface area contributed by atoms with Crippen molar-refractivity contribution in [2.24, 2.45) is 16.1 Å². The summed E-state index contributed by atoms with van der Waals surface area (Å²) in [6, 6.07) is 6.19. The number of nitrogens with two attached hydrogens (primary N) is 1. The van der Waals surface area contributed by atoms with Crippen molar-refractivity contribution in [3.05, 3.63) is 41.6 Å². The van der Waals surface area contributed by atoms with E-state index in [1.807, 2.05) is 20.2 Å². The smallest absolute Gasteiger partial charge is 0.178 e. The molecule has 0 aliphatic heterocycles. The van der Waals surface area contributed by atoms with Crippen LogP contribution >= 0.6 is 0 Å². The van der Waals surface area contributed by atoms with Crippen molar-refractivity contribution in [3.8, 4) is 0 Å². The Hall–Kier alpha value is -1.68. The quantitative estimate of drug-likeness (QED) is 0.850. The summed E-state index contributed by atoms with van der Waals surface area (Å²) >= 11 is 3.67. The summed E-state index contributed by atoms with van der Waals surface area (Å²) in [6.45, 7) is 6.51. The number of hydrogen-bond acceptors (Lipinski definition) is 3. The van der Waals surface area contributed by atoms with Gasteiger partial charge in [-0.3, -0.25) is 0 Å². The number of anilines is 1. The van der Waals surface area contributed by atoms with E-state index < -0.39 is 0 Å². The molecule has 2 rings (SSSR count). The van der Waals surface area contributed by atoms with Gasteiger partial charge in [0.25, 0.3) is 0 Å². The van der Waals surface area contributed by atoms with Gasteiger partial charge < -0.3 is 10.6 Å². The predicted octanol–water partition coefficient (Wildman–Crippen LogP) is 3.41. The second kappa shape index (κ2) is 6.21. The summed E-state index contributed by atoms with van der Waals surface area (Å²) in [4.78, 5) is 7.85. The molecule has 0 radical (unpaired) electrons. The first-order valence-corrected chi connectivity index (χ1v) is 7.97. The Morgan fingerprint density at radius 1 is 1.23 bits per heavy atom. The van der Waals surface area contributed by atoms with Crippen molar-refractivity contribution >= 4 is 29.7 Å². The lowest BCUT2D eigenvalue weighted by Gasteiger charge is -2.26. The van der Waals surface area contributed by atoms with E-state index in [0.29, 0.717) is 0 Å². The molecule has 1 aromatic rings. The monoisotopic (exact) mass is 316 g/mol. The molecule has 0 amide bonds. The fraction of sp³-hybridized carbons (Fsp3) is 0.389. The van der Waals surface area contributed by atoms with Crippen molar-refractivity contribution in [3.63, 3.8) is 0 Å². The van der Waals surface area contributed by atoms with E-state index in [4.69, 9.17) is 10.7 Å².